The first-order chi connectivity index (χ1) is 32.4. The third-order valence-electron chi connectivity index (χ3n) is 9.66. The van der Waals surface area contributed by atoms with Gasteiger partial charge in [0, 0.05) is 69.2 Å². The van der Waals surface area contributed by atoms with E-state index in [1.807, 2.05) is 0 Å². The van der Waals surface area contributed by atoms with Crippen LogP contribution in [0.3, 0.4) is 0 Å². The van der Waals surface area contributed by atoms with Crippen molar-refractivity contribution >= 4 is 59.7 Å². The summed E-state index contributed by atoms with van der Waals surface area (Å²) >= 11 is 0. The second-order valence-corrected chi connectivity index (χ2v) is 15.6. The summed E-state index contributed by atoms with van der Waals surface area (Å²) < 4.78 is 92.3. The molecule has 6 unspecified atom stereocenters. The number of esters is 10. The van der Waals surface area contributed by atoms with Gasteiger partial charge in [-0.2, -0.15) is 0 Å². The SMILES string of the molecule is C=CCCCO[C@@H]1OC(COC(C)=O)[C@@H](O[C@@H]2OC(COC(C)=O)[C@H](O[C@H]3OC(COC(C)=O)[C@H](OC(C)=O)[C@H](OC(C)=O)C3OC(C)=O)C(OC(C)=O)[C@@H]2OC(C)=O)C(OC(C)=O)[C@@H]1OC(C)=O. The molecule has 3 rings (SSSR count). The fourth-order valence-electron chi connectivity index (χ4n) is 7.32. The van der Waals surface area contributed by atoms with Crippen molar-refractivity contribution < 1.29 is 124 Å². The van der Waals surface area contributed by atoms with Gasteiger partial charge in [0.2, 0.25) is 0 Å². The van der Waals surface area contributed by atoms with E-state index in [0.717, 1.165) is 69.2 Å². The number of hydrogen-bond acceptors (Lipinski definition) is 26. The van der Waals surface area contributed by atoms with Crippen molar-refractivity contribution in [3.05, 3.63) is 12.7 Å². The largest absolute Gasteiger partial charge is 0.463 e. The average Bonchev–Trinajstić information content (AvgIpc) is 3.22. The topological polar surface area (TPSA) is 318 Å². The van der Waals surface area contributed by atoms with Crippen molar-refractivity contribution in [3.8, 4) is 0 Å². The number of ether oxygens (including phenoxy) is 16. The van der Waals surface area contributed by atoms with Gasteiger partial charge in [-0.1, -0.05) is 6.08 Å². The van der Waals surface area contributed by atoms with Gasteiger partial charge in [-0.3, -0.25) is 47.9 Å². The van der Waals surface area contributed by atoms with Gasteiger partial charge >= 0.3 is 59.7 Å². The van der Waals surface area contributed by atoms with Crippen LogP contribution in [0.1, 0.15) is 82.1 Å². The Morgan fingerprint density at radius 3 is 0.971 bits per heavy atom. The van der Waals surface area contributed by atoms with Crippen molar-refractivity contribution in [2.45, 2.75) is 174 Å². The Morgan fingerprint density at radius 1 is 0.377 bits per heavy atom. The highest BCUT2D eigenvalue weighted by Gasteiger charge is 2.60. The first kappa shape index (κ1) is 57.5. The zero-order chi connectivity index (χ0) is 51.7. The van der Waals surface area contributed by atoms with E-state index < -0.39 is 172 Å². The predicted molar refractivity (Wildman–Crippen MR) is 220 cm³/mol. The van der Waals surface area contributed by atoms with E-state index in [4.69, 9.17) is 75.8 Å². The van der Waals surface area contributed by atoms with E-state index in [0.29, 0.717) is 12.8 Å². The zero-order valence-corrected chi connectivity index (χ0v) is 39.8. The minimum Gasteiger partial charge on any atom is -0.463 e. The van der Waals surface area contributed by atoms with Gasteiger partial charge in [-0.25, -0.2) is 0 Å². The lowest BCUT2D eigenvalue weighted by Crippen LogP contribution is -2.69. The van der Waals surface area contributed by atoms with E-state index in [-0.39, 0.29) is 6.61 Å². The summed E-state index contributed by atoms with van der Waals surface area (Å²) in [5, 5.41) is 0. The molecule has 15 atom stereocenters. The standard InChI is InChI=1S/C43H60O26/c1-12-13-14-15-54-41-38(62-26(9)51)36(60-24(7)49)33(30(65-41)17-56-20(3)45)68-43-40(64-28(11)53)37(61-25(8)50)34(31(67-43)18-57-21(4)46)69-42-39(63-27(10)52)35(59-23(6)48)32(58-22(5)47)29(66-42)16-55-19(2)44/h12,29-43H,1,13-18H2,2-11H3/t29?,30?,31?,32-,33+,34-,35-,36?,37?,38-,39?,40-,41+,42+,43-/m0/s1. The van der Waals surface area contributed by atoms with Crippen molar-refractivity contribution in [3.63, 3.8) is 0 Å². The van der Waals surface area contributed by atoms with Crippen LogP contribution in [0.4, 0.5) is 0 Å². The lowest BCUT2D eigenvalue weighted by atomic mass is 9.95. The molecule has 3 saturated heterocycles. The third-order valence-corrected chi connectivity index (χ3v) is 9.66. The first-order valence-electron chi connectivity index (χ1n) is 21.5. The van der Waals surface area contributed by atoms with Crippen molar-refractivity contribution in [1.29, 1.82) is 0 Å². The molecule has 0 radical (unpaired) electrons. The van der Waals surface area contributed by atoms with Crippen molar-refractivity contribution in [2.24, 2.45) is 0 Å². The maximum absolute atomic E-state index is 13.0. The molecule has 0 aliphatic carbocycles. The summed E-state index contributed by atoms with van der Waals surface area (Å²) in [4.78, 5) is 125. The van der Waals surface area contributed by atoms with Gasteiger partial charge in [0.15, 0.2) is 61.6 Å². The second-order valence-electron chi connectivity index (χ2n) is 15.6. The highest BCUT2D eigenvalue weighted by atomic mass is 16.8. The minimum absolute atomic E-state index is 0.0101. The molecule has 3 aliphatic heterocycles. The number of unbranched alkanes of at least 4 members (excludes halogenated alkanes) is 1. The molecule has 0 aromatic rings. The van der Waals surface area contributed by atoms with Crippen LogP contribution in [0.25, 0.3) is 0 Å². The Kier molecular flexibility index (Phi) is 22.8. The van der Waals surface area contributed by atoms with Gasteiger partial charge in [-0.05, 0) is 12.8 Å². The van der Waals surface area contributed by atoms with Crippen molar-refractivity contribution in [2.75, 3.05) is 26.4 Å². The smallest absolute Gasteiger partial charge is 0.303 e. The van der Waals surface area contributed by atoms with Crippen molar-refractivity contribution in [1.82, 2.24) is 0 Å². The van der Waals surface area contributed by atoms with Crippen LogP contribution in [-0.2, 0) is 124 Å². The fraction of sp³-hybridized carbons (Fsp3) is 0.721. The number of rotatable bonds is 22. The van der Waals surface area contributed by atoms with Gasteiger partial charge in [-0.15, -0.1) is 6.58 Å². The highest BCUT2D eigenvalue weighted by molar-refractivity contribution is 5.70. The predicted octanol–water partition coefficient (Wildman–Crippen LogP) is 0.126. The molecule has 0 aromatic carbocycles. The molecular weight excluding hydrogens is 932 g/mol. The lowest BCUT2D eigenvalue weighted by Gasteiger charge is -2.50. The van der Waals surface area contributed by atoms with Crippen LogP contribution in [-0.4, -0.2) is 178 Å². The van der Waals surface area contributed by atoms with Crippen LogP contribution >= 0.6 is 0 Å². The van der Waals surface area contributed by atoms with Gasteiger partial charge in [0.25, 0.3) is 0 Å². The molecule has 3 heterocycles. The third kappa shape index (κ3) is 18.2. The second kappa shape index (κ2) is 27.4. The maximum atomic E-state index is 13.0. The number of carbonyl (C=O) groups excluding carboxylic acids is 10. The number of carbonyl (C=O) groups is 10. The van der Waals surface area contributed by atoms with Crippen LogP contribution in [0.15, 0.2) is 12.7 Å². The first-order valence-corrected chi connectivity index (χ1v) is 21.5. The van der Waals surface area contributed by atoms with Gasteiger partial charge < -0.3 is 75.8 Å². The number of allylic oxidation sites excluding steroid dienone is 1. The minimum atomic E-state index is -2.00. The number of hydrogen-bond donors (Lipinski definition) is 0. The summed E-state index contributed by atoms with van der Waals surface area (Å²) in [5.41, 5.74) is 0. The van der Waals surface area contributed by atoms with E-state index >= 15 is 0 Å². The average molecular weight is 993 g/mol. The fourth-order valence-corrected chi connectivity index (χ4v) is 7.32. The zero-order valence-electron chi connectivity index (χ0n) is 39.8. The summed E-state index contributed by atoms with van der Waals surface area (Å²) in [6.07, 6.45) is -23.5. The normalized spacial score (nSPS) is 30.7. The molecule has 3 fully saturated rings. The Morgan fingerprint density at radius 2 is 0.652 bits per heavy atom. The van der Waals surface area contributed by atoms with Gasteiger partial charge in [0.05, 0.1) is 6.61 Å². The van der Waals surface area contributed by atoms with Gasteiger partial charge in [0.1, 0.15) is 50.3 Å². The van der Waals surface area contributed by atoms with E-state index in [2.05, 4.69) is 6.58 Å². The lowest BCUT2D eigenvalue weighted by molar-refractivity contribution is -0.380. The van der Waals surface area contributed by atoms with E-state index in [1.54, 1.807) is 6.08 Å². The maximum Gasteiger partial charge on any atom is 0.303 e. The Hall–Kier alpha value is -5.80. The molecule has 0 bridgehead atoms. The molecule has 3 aliphatic rings. The van der Waals surface area contributed by atoms with Crippen LogP contribution in [0, 0.1) is 0 Å². The summed E-state index contributed by atoms with van der Waals surface area (Å²) in [5.74, 6) is -9.32. The quantitative estimate of drug-likeness (QED) is 0.0602. The summed E-state index contributed by atoms with van der Waals surface area (Å²) in [7, 11) is 0. The van der Waals surface area contributed by atoms with Crippen LogP contribution < -0.4 is 0 Å². The molecule has 0 aromatic heterocycles. The Balaban J connectivity index is 2.29. The Labute approximate surface area is 396 Å². The molecule has 26 nitrogen and oxygen atoms in total. The highest BCUT2D eigenvalue weighted by Crippen LogP contribution is 2.38. The van der Waals surface area contributed by atoms with Crippen LogP contribution in [0.5, 0.6) is 0 Å². The molecule has 0 amide bonds. The molecule has 388 valence electrons. The van der Waals surface area contributed by atoms with E-state index in [9.17, 15) is 47.9 Å². The monoisotopic (exact) mass is 992 g/mol. The molecular formula is C43H60O26. The molecule has 26 heteroatoms. The van der Waals surface area contributed by atoms with E-state index in [1.165, 1.54) is 0 Å². The molecule has 69 heavy (non-hydrogen) atoms. The van der Waals surface area contributed by atoms with Crippen LogP contribution in [0.2, 0.25) is 0 Å². The Bertz CT molecular complexity index is 1850. The summed E-state index contributed by atoms with van der Waals surface area (Å²) in [6.45, 7) is 11.7. The molecule has 0 saturated carbocycles. The molecule has 0 spiro atoms. The summed E-state index contributed by atoms with van der Waals surface area (Å²) in [6, 6.07) is 0. The molecule has 0 N–H and O–H groups in total.